The summed E-state index contributed by atoms with van der Waals surface area (Å²) in [5.74, 6) is 0.205. The summed E-state index contributed by atoms with van der Waals surface area (Å²) in [6.07, 6.45) is 1.99. The Kier molecular flexibility index (Phi) is 5.24. The molecule has 0 aromatic heterocycles. The molecule has 0 saturated carbocycles. The van der Waals surface area contributed by atoms with Crippen LogP contribution >= 0.6 is 11.8 Å². The third kappa shape index (κ3) is 3.87. The van der Waals surface area contributed by atoms with Crippen LogP contribution in [0.4, 0.5) is 14.5 Å². The number of thioether (sulfide) groups is 1. The minimum atomic E-state index is -2.81. The van der Waals surface area contributed by atoms with Crippen molar-refractivity contribution in [2.45, 2.75) is 18.1 Å². The lowest BCUT2D eigenvalue weighted by Gasteiger charge is -2.13. The Balaban J connectivity index is 2.11. The second kappa shape index (κ2) is 7.14. The third-order valence-electron chi connectivity index (χ3n) is 2.76. The number of nitrogens with one attached hydrogen (secondary N) is 1. The fraction of sp³-hybridized carbons (Fsp3) is 0.200. The first kappa shape index (κ1) is 14.7. The summed E-state index contributed by atoms with van der Waals surface area (Å²) in [4.78, 5) is 1.11. The molecule has 0 aliphatic carbocycles. The van der Waals surface area contributed by atoms with Gasteiger partial charge >= 0.3 is 6.61 Å². The minimum absolute atomic E-state index is 0.205. The van der Waals surface area contributed by atoms with E-state index in [2.05, 4.69) is 10.1 Å². The number of para-hydroxylation sites is 2. The molecule has 0 spiro atoms. The number of anilines is 1. The zero-order valence-electron chi connectivity index (χ0n) is 11.0. The van der Waals surface area contributed by atoms with Crippen LogP contribution in [0.1, 0.15) is 5.56 Å². The molecule has 2 nitrogen and oxygen atoms in total. The van der Waals surface area contributed by atoms with Crippen molar-refractivity contribution in [2.75, 3.05) is 11.6 Å². The molecule has 0 heterocycles. The lowest BCUT2D eigenvalue weighted by atomic mass is 10.2. The van der Waals surface area contributed by atoms with E-state index in [4.69, 9.17) is 0 Å². The maximum Gasteiger partial charge on any atom is 0.387 e. The highest BCUT2D eigenvalue weighted by Crippen LogP contribution is 2.26. The van der Waals surface area contributed by atoms with Gasteiger partial charge in [-0.25, -0.2) is 0 Å². The largest absolute Gasteiger partial charge is 0.434 e. The fourth-order valence-corrected chi connectivity index (χ4v) is 2.42. The Morgan fingerprint density at radius 3 is 2.55 bits per heavy atom. The van der Waals surface area contributed by atoms with Crippen molar-refractivity contribution in [3.05, 3.63) is 54.1 Å². The Hall–Kier alpha value is -1.75. The summed E-state index contributed by atoms with van der Waals surface area (Å²) >= 11 is 1.63. The van der Waals surface area contributed by atoms with Crippen LogP contribution in [-0.2, 0) is 6.54 Å². The highest BCUT2D eigenvalue weighted by atomic mass is 32.2. The van der Waals surface area contributed by atoms with Gasteiger partial charge in [0.1, 0.15) is 5.75 Å². The van der Waals surface area contributed by atoms with Crippen LogP contribution in [-0.4, -0.2) is 12.9 Å². The van der Waals surface area contributed by atoms with Crippen molar-refractivity contribution in [1.82, 2.24) is 0 Å². The summed E-state index contributed by atoms with van der Waals surface area (Å²) in [5.41, 5.74) is 1.68. The van der Waals surface area contributed by atoms with E-state index in [9.17, 15) is 8.78 Å². The molecule has 2 aromatic carbocycles. The van der Waals surface area contributed by atoms with Gasteiger partial charge in [-0.3, -0.25) is 0 Å². The van der Waals surface area contributed by atoms with Gasteiger partial charge in [0.05, 0.1) is 0 Å². The first-order valence-electron chi connectivity index (χ1n) is 6.10. The van der Waals surface area contributed by atoms with Crippen molar-refractivity contribution in [3.8, 4) is 5.75 Å². The predicted octanol–water partition coefficient (Wildman–Crippen LogP) is 4.62. The van der Waals surface area contributed by atoms with E-state index < -0.39 is 6.61 Å². The lowest BCUT2D eigenvalue weighted by molar-refractivity contribution is -0.0504. The monoisotopic (exact) mass is 295 g/mol. The zero-order valence-corrected chi connectivity index (χ0v) is 11.8. The standard InChI is InChI=1S/C15H15F2NOS/c1-20-14-9-5-3-7-12(14)18-10-11-6-2-4-8-13(11)19-15(16)17/h2-9,15,18H,10H2,1H3. The highest BCUT2D eigenvalue weighted by molar-refractivity contribution is 7.98. The van der Waals surface area contributed by atoms with Crippen molar-refractivity contribution >= 4 is 17.4 Å². The Bertz CT molecular complexity index is 563. The number of rotatable bonds is 6. The van der Waals surface area contributed by atoms with Crippen LogP contribution in [0.15, 0.2) is 53.4 Å². The smallest absolute Gasteiger partial charge is 0.387 e. The average molecular weight is 295 g/mol. The van der Waals surface area contributed by atoms with Crippen LogP contribution in [0, 0.1) is 0 Å². The molecular formula is C15H15F2NOS. The molecule has 0 radical (unpaired) electrons. The van der Waals surface area contributed by atoms with Gasteiger partial charge in [-0.2, -0.15) is 8.78 Å². The van der Waals surface area contributed by atoms with E-state index in [1.165, 1.54) is 0 Å². The quantitative estimate of drug-likeness (QED) is 0.786. The topological polar surface area (TPSA) is 21.3 Å². The van der Waals surface area contributed by atoms with Gasteiger partial charge in [0, 0.05) is 22.7 Å². The van der Waals surface area contributed by atoms with Crippen LogP contribution in [0.5, 0.6) is 5.75 Å². The van der Waals surface area contributed by atoms with Crippen LogP contribution < -0.4 is 10.1 Å². The number of alkyl halides is 2. The molecule has 0 fully saturated rings. The van der Waals surface area contributed by atoms with E-state index in [1.54, 1.807) is 36.0 Å². The van der Waals surface area contributed by atoms with Crippen LogP contribution in [0.2, 0.25) is 0 Å². The van der Waals surface area contributed by atoms with Crippen molar-refractivity contribution < 1.29 is 13.5 Å². The number of hydrogen-bond acceptors (Lipinski definition) is 3. The van der Waals surface area contributed by atoms with Crippen molar-refractivity contribution in [2.24, 2.45) is 0 Å². The Labute approximate surface area is 121 Å². The van der Waals surface area contributed by atoms with E-state index in [-0.39, 0.29) is 5.75 Å². The van der Waals surface area contributed by atoms with Gasteiger partial charge in [-0.15, -0.1) is 11.8 Å². The molecule has 0 bridgehead atoms. The van der Waals surface area contributed by atoms with Gasteiger partial charge in [0.15, 0.2) is 0 Å². The highest BCUT2D eigenvalue weighted by Gasteiger charge is 2.09. The number of halogens is 2. The molecule has 2 rings (SSSR count). The Morgan fingerprint density at radius 2 is 1.80 bits per heavy atom. The second-order valence-corrected chi connectivity index (χ2v) is 4.89. The van der Waals surface area contributed by atoms with Gasteiger partial charge < -0.3 is 10.1 Å². The zero-order chi connectivity index (χ0) is 14.4. The first-order chi connectivity index (χ1) is 9.70. The van der Waals surface area contributed by atoms with Gasteiger partial charge in [0.25, 0.3) is 0 Å². The van der Waals surface area contributed by atoms with Crippen molar-refractivity contribution in [1.29, 1.82) is 0 Å². The van der Waals surface area contributed by atoms with E-state index in [1.807, 2.05) is 30.5 Å². The van der Waals surface area contributed by atoms with Gasteiger partial charge in [-0.05, 0) is 24.5 Å². The normalized spacial score (nSPS) is 10.6. The molecule has 0 amide bonds. The molecule has 0 atom stereocenters. The number of hydrogen-bond donors (Lipinski definition) is 1. The molecule has 0 saturated heterocycles. The predicted molar refractivity (Wildman–Crippen MR) is 78.6 cm³/mol. The third-order valence-corrected chi connectivity index (χ3v) is 3.56. The molecule has 0 aliphatic rings. The maximum atomic E-state index is 12.3. The minimum Gasteiger partial charge on any atom is -0.434 e. The first-order valence-corrected chi connectivity index (χ1v) is 7.33. The number of benzene rings is 2. The summed E-state index contributed by atoms with van der Waals surface area (Å²) < 4.78 is 29.2. The molecule has 5 heteroatoms. The summed E-state index contributed by atoms with van der Waals surface area (Å²) in [7, 11) is 0. The SMILES string of the molecule is CSc1ccccc1NCc1ccccc1OC(F)F. The van der Waals surface area contributed by atoms with Crippen molar-refractivity contribution in [3.63, 3.8) is 0 Å². The Morgan fingerprint density at radius 1 is 1.10 bits per heavy atom. The summed E-state index contributed by atoms with van der Waals surface area (Å²) in [6.45, 7) is -2.38. The molecule has 20 heavy (non-hydrogen) atoms. The molecule has 0 aliphatic heterocycles. The molecule has 1 N–H and O–H groups in total. The summed E-state index contributed by atoms with van der Waals surface area (Å²) in [6, 6.07) is 14.7. The number of ether oxygens (including phenoxy) is 1. The molecular weight excluding hydrogens is 280 g/mol. The molecule has 2 aromatic rings. The second-order valence-electron chi connectivity index (χ2n) is 4.04. The van der Waals surface area contributed by atoms with Gasteiger partial charge in [0.2, 0.25) is 0 Å². The molecule has 106 valence electrons. The summed E-state index contributed by atoms with van der Waals surface area (Å²) in [5, 5.41) is 3.25. The van der Waals surface area contributed by atoms with E-state index in [0.29, 0.717) is 12.1 Å². The van der Waals surface area contributed by atoms with Crippen LogP contribution in [0.3, 0.4) is 0 Å². The van der Waals surface area contributed by atoms with E-state index in [0.717, 1.165) is 10.6 Å². The van der Waals surface area contributed by atoms with Gasteiger partial charge in [-0.1, -0.05) is 30.3 Å². The lowest BCUT2D eigenvalue weighted by Crippen LogP contribution is -2.07. The average Bonchev–Trinajstić information content (AvgIpc) is 2.46. The van der Waals surface area contributed by atoms with Crippen LogP contribution in [0.25, 0.3) is 0 Å². The maximum absolute atomic E-state index is 12.3. The van der Waals surface area contributed by atoms with E-state index >= 15 is 0 Å². The molecule has 0 unspecified atom stereocenters. The fourth-order valence-electron chi connectivity index (χ4n) is 1.84.